The fraction of sp³-hybridized carbons (Fsp3) is 0.185. The first-order valence-electron chi connectivity index (χ1n) is 11.4. The average molecular weight is 490 g/mol. The molecule has 184 valence electrons. The van der Waals surface area contributed by atoms with Crippen LogP contribution in [0.15, 0.2) is 71.8 Å². The van der Waals surface area contributed by atoms with E-state index >= 15 is 0 Å². The highest BCUT2D eigenvalue weighted by Crippen LogP contribution is 2.16. The van der Waals surface area contributed by atoms with Gasteiger partial charge in [0, 0.05) is 30.4 Å². The van der Waals surface area contributed by atoms with Gasteiger partial charge in [0.05, 0.1) is 12.1 Å². The molecule has 0 bridgehead atoms. The maximum atomic E-state index is 13.5. The van der Waals surface area contributed by atoms with Crippen LogP contribution in [0, 0.1) is 11.6 Å². The number of pyridine rings is 1. The van der Waals surface area contributed by atoms with E-state index in [-0.39, 0.29) is 24.7 Å². The summed E-state index contributed by atoms with van der Waals surface area (Å²) in [6, 6.07) is 12.4. The zero-order valence-electron chi connectivity index (χ0n) is 19.8. The van der Waals surface area contributed by atoms with Crippen molar-refractivity contribution in [2.45, 2.75) is 26.4 Å². The lowest BCUT2D eigenvalue weighted by Crippen LogP contribution is -2.33. The van der Waals surface area contributed by atoms with Crippen LogP contribution in [0.3, 0.4) is 0 Å². The number of hydrogen-bond donors (Lipinski definition) is 2. The molecule has 2 aromatic heterocycles. The highest BCUT2D eigenvalue weighted by Gasteiger charge is 2.12. The molecule has 1 amide bonds. The molecule has 2 aromatic carbocycles. The Bertz CT molecular complexity index is 1500. The van der Waals surface area contributed by atoms with Crippen LogP contribution in [0.5, 0.6) is 0 Å². The number of rotatable bonds is 8. The summed E-state index contributed by atoms with van der Waals surface area (Å²) in [6.07, 6.45) is 6.88. The normalized spacial score (nSPS) is 11.4. The van der Waals surface area contributed by atoms with E-state index in [1.54, 1.807) is 18.3 Å². The molecule has 36 heavy (non-hydrogen) atoms. The second-order valence-electron chi connectivity index (χ2n) is 8.53. The van der Waals surface area contributed by atoms with Crippen molar-refractivity contribution in [3.05, 3.63) is 106 Å². The summed E-state index contributed by atoms with van der Waals surface area (Å²) in [5.74, 6) is -1.90. The predicted octanol–water partition coefficient (Wildman–Crippen LogP) is 4.38. The predicted molar refractivity (Wildman–Crippen MR) is 136 cm³/mol. The molecule has 9 heteroatoms. The Hall–Kier alpha value is -4.40. The minimum atomic E-state index is -0.993. The third kappa shape index (κ3) is 5.99. The lowest BCUT2D eigenvalue weighted by atomic mass is 10.1. The quantitative estimate of drug-likeness (QED) is 0.384. The number of carbonyl (C=O) groups excluding carboxylic acids is 1. The van der Waals surface area contributed by atoms with Gasteiger partial charge in [-0.3, -0.25) is 9.59 Å². The molecule has 0 fully saturated rings. The third-order valence-corrected chi connectivity index (χ3v) is 5.31. The van der Waals surface area contributed by atoms with E-state index in [2.05, 4.69) is 20.6 Å². The molecule has 0 saturated carbocycles. The summed E-state index contributed by atoms with van der Waals surface area (Å²) >= 11 is 0. The molecule has 4 rings (SSSR count). The first kappa shape index (κ1) is 24.7. The Balaban J connectivity index is 1.39. The van der Waals surface area contributed by atoms with Gasteiger partial charge in [0.15, 0.2) is 11.6 Å². The van der Waals surface area contributed by atoms with Gasteiger partial charge in [-0.05, 0) is 61.4 Å². The third-order valence-electron chi connectivity index (χ3n) is 5.31. The molecule has 7 nitrogen and oxygen atoms in total. The number of amides is 1. The number of halogens is 2. The molecular weight excluding hydrogens is 464 g/mol. The highest BCUT2D eigenvalue weighted by molar-refractivity contribution is 5.93. The maximum Gasteiger partial charge on any atom is 0.263 e. The van der Waals surface area contributed by atoms with Crippen molar-refractivity contribution in [3.63, 3.8) is 0 Å². The van der Waals surface area contributed by atoms with E-state index in [0.717, 1.165) is 28.6 Å². The Morgan fingerprint density at radius 3 is 2.72 bits per heavy atom. The van der Waals surface area contributed by atoms with Gasteiger partial charge in [-0.15, -0.1) is 0 Å². The maximum absolute atomic E-state index is 13.5. The van der Waals surface area contributed by atoms with Crippen molar-refractivity contribution in [2.24, 2.45) is 0 Å². The van der Waals surface area contributed by atoms with Crippen molar-refractivity contribution in [1.29, 1.82) is 0 Å². The molecule has 0 aliphatic rings. The van der Waals surface area contributed by atoms with Gasteiger partial charge in [-0.1, -0.05) is 24.3 Å². The number of nitrogens with one attached hydrogen (secondary N) is 2. The van der Waals surface area contributed by atoms with Gasteiger partial charge in [0.25, 0.3) is 11.5 Å². The van der Waals surface area contributed by atoms with E-state index < -0.39 is 23.1 Å². The second-order valence-corrected chi connectivity index (χ2v) is 8.53. The molecule has 0 unspecified atom stereocenters. The summed E-state index contributed by atoms with van der Waals surface area (Å²) in [6.45, 7) is 4.26. The summed E-state index contributed by atoms with van der Waals surface area (Å²) in [5.41, 5.74) is 1.58. The molecule has 0 aliphatic heterocycles. The smallest absolute Gasteiger partial charge is 0.263 e. The van der Waals surface area contributed by atoms with Gasteiger partial charge >= 0.3 is 0 Å². The second kappa shape index (κ2) is 10.9. The first-order valence-corrected chi connectivity index (χ1v) is 11.4. The molecule has 0 spiro atoms. The summed E-state index contributed by atoms with van der Waals surface area (Å²) in [7, 11) is 0. The number of hydrogen-bond acceptors (Lipinski definition) is 5. The number of anilines is 1. The molecule has 0 aliphatic carbocycles. The van der Waals surface area contributed by atoms with Crippen molar-refractivity contribution in [2.75, 3.05) is 11.9 Å². The topological polar surface area (TPSA) is 88.9 Å². The molecule has 2 N–H and O–H groups in total. The largest absolute Gasteiger partial charge is 0.352 e. The monoisotopic (exact) mass is 489 g/mol. The van der Waals surface area contributed by atoms with Crippen LogP contribution >= 0.6 is 0 Å². The first-order chi connectivity index (χ1) is 17.3. The van der Waals surface area contributed by atoms with Crippen LogP contribution in [-0.4, -0.2) is 33.0 Å². The number of aromatic nitrogens is 3. The fourth-order valence-corrected chi connectivity index (χ4v) is 3.59. The van der Waals surface area contributed by atoms with Crippen molar-refractivity contribution in [1.82, 2.24) is 19.9 Å². The lowest BCUT2D eigenvalue weighted by Gasteiger charge is -2.09. The minimum Gasteiger partial charge on any atom is -0.352 e. The highest BCUT2D eigenvalue weighted by atomic mass is 19.2. The lowest BCUT2D eigenvalue weighted by molar-refractivity contribution is 0.0956. The van der Waals surface area contributed by atoms with E-state index in [0.29, 0.717) is 11.5 Å². The van der Waals surface area contributed by atoms with Gasteiger partial charge in [-0.25, -0.2) is 18.7 Å². The summed E-state index contributed by atoms with van der Waals surface area (Å²) < 4.78 is 27.9. The van der Waals surface area contributed by atoms with Crippen LogP contribution in [-0.2, 0) is 6.54 Å². The number of nitrogens with zero attached hydrogens (tertiary/aromatic N) is 3. The zero-order valence-corrected chi connectivity index (χ0v) is 19.8. The number of fused-ring (bicyclic) bond motifs is 1. The SMILES string of the molecule is CC(C)Nc1ncc2cc(C=CCNC(=O)c3cccn(Cc4ccc(F)c(F)c4)c3=O)ccc2n1. The van der Waals surface area contributed by atoms with Crippen LogP contribution in [0.2, 0.25) is 0 Å². The molecule has 2 heterocycles. The Labute approximate surface area is 206 Å². The number of benzene rings is 2. The zero-order chi connectivity index (χ0) is 25.7. The Morgan fingerprint density at radius 1 is 1.11 bits per heavy atom. The molecule has 4 aromatic rings. The van der Waals surface area contributed by atoms with Gasteiger partial charge in [-0.2, -0.15) is 0 Å². The van der Waals surface area contributed by atoms with E-state index in [1.165, 1.54) is 22.9 Å². The molecule has 0 saturated heterocycles. The standard InChI is InChI=1S/C27H25F2N5O2/c1-17(2)32-27-31-15-20-13-18(8-10-24(20)33-27)5-3-11-30-25(35)21-6-4-12-34(26(21)36)16-19-7-9-22(28)23(29)14-19/h3-10,12-15,17H,11,16H2,1-2H3,(H,30,35)(H,31,32,33). The molecule has 0 radical (unpaired) electrons. The van der Waals surface area contributed by atoms with Crippen LogP contribution in [0.25, 0.3) is 17.0 Å². The minimum absolute atomic E-state index is 0.0117. The van der Waals surface area contributed by atoms with Crippen LogP contribution in [0.4, 0.5) is 14.7 Å². The Morgan fingerprint density at radius 2 is 1.94 bits per heavy atom. The van der Waals surface area contributed by atoms with E-state index in [1.807, 2.05) is 38.1 Å². The van der Waals surface area contributed by atoms with E-state index in [4.69, 9.17) is 0 Å². The average Bonchev–Trinajstić information content (AvgIpc) is 2.85. The molecular formula is C27H25F2N5O2. The van der Waals surface area contributed by atoms with Crippen molar-refractivity contribution < 1.29 is 13.6 Å². The van der Waals surface area contributed by atoms with Crippen molar-refractivity contribution >= 4 is 28.8 Å². The van der Waals surface area contributed by atoms with Crippen LogP contribution in [0.1, 0.15) is 35.3 Å². The summed E-state index contributed by atoms with van der Waals surface area (Å²) in [4.78, 5) is 34.1. The van der Waals surface area contributed by atoms with Gasteiger partial charge in [0.2, 0.25) is 5.95 Å². The fourth-order valence-electron chi connectivity index (χ4n) is 3.59. The van der Waals surface area contributed by atoms with Crippen molar-refractivity contribution in [3.8, 4) is 0 Å². The van der Waals surface area contributed by atoms with Gasteiger partial charge < -0.3 is 15.2 Å². The Kier molecular flexibility index (Phi) is 7.48. The summed E-state index contributed by atoms with van der Waals surface area (Å²) in [5, 5.41) is 6.76. The van der Waals surface area contributed by atoms with Gasteiger partial charge in [0.1, 0.15) is 5.56 Å². The number of carbonyl (C=O) groups is 1. The van der Waals surface area contributed by atoms with E-state index in [9.17, 15) is 18.4 Å². The molecule has 0 atom stereocenters. The van der Waals surface area contributed by atoms with Crippen LogP contribution < -0.4 is 16.2 Å².